The van der Waals surface area contributed by atoms with Crippen molar-refractivity contribution < 1.29 is 8.42 Å². The smallest absolute Gasteiger partial charge is 0.166 e. The van der Waals surface area contributed by atoms with Crippen molar-refractivity contribution in [2.24, 2.45) is 17.1 Å². The van der Waals surface area contributed by atoms with E-state index in [1.807, 2.05) is 0 Å². The molecule has 0 bridgehead atoms. The van der Waals surface area contributed by atoms with Crippen molar-refractivity contribution in [3.63, 3.8) is 0 Å². The minimum absolute atomic E-state index is 0.224. The van der Waals surface area contributed by atoms with Crippen LogP contribution >= 0.6 is 11.8 Å². The van der Waals surface area contributed by atoms with Gasteiger partial charge >= 0.3 is 0 Å². The quantitative estimate of drug-likeness (QED) is 0.808. The van der Waals surface area contributed by atoms with Gasteiger partial charge in [-0.3, -0.25) is 4.90 Å². The Hall–Kier alpha value is 0.220. The molecule has 20 heavy (non-hydrogen) atoms. The normalized spacial score (nSPS) is 23.8. The van der Waals surface area contributed by atoms with Crippen LogP contribution in [0.4, 0.5) is 0 Å². The van der Waals surface area contributed by atoms with Gasteiger partial charge in [-0.2, -0.15) is 11.8 Å². The van der Waals surface area contributed by atoms with E-state index in [9.17, 15) is 8.42 Å². The predicted octanol–water partition coefficient (Wildman–Crippen LogP) is 1.81. The lowest BCUT2D eigenvalue weighted by Crippen LogP contribution is -2.50. The summed E-state index contributed by atoms with van der Waals surface area (Å²) in [7, 11) is -3.00. The van der Waals surface area contributed by atoms with Crippen LogP contribution in [0.2, 0.25) is 0 Å². The molecule has 120 valence electrons. The summed E-state index contributed by atoms with van der Waals surface area (Å²) in [5.41, 5.74) is 6.13. The lowest BCUT2D eigenvalue weighted by molar-refractivity contribution is 0.191. The summed E-state index contributed by atoms with van der Waals surface area (Å²) in [4.78, 5) is 2.15. The molecule has 0 aromatic heterocycles. The number of hydrogen-bond donors (Lipinski definition) is 1. The van der Waals surface area contributed by atoms with Crippen molar-refractivity contribution in [1.29, 1.82) is 0 Å². The maximum Gasteiger partial charge on any atom is 0.166 e. The Bertz CT molecular complexity index is 390. The summed E-state index contributed by atoms with van der Waals surface area (Å²) in [6, 6.07) is 0. The molecule has 1 aliphatic heterocycles. The highest BCUT2D eigenvalue weighted by molar-refractivity contribution is 8.01. The Labute approximate surface area is 128 Å². The molecule has 6 heteroatoms. The standard InChI is InChI=1S/C14H30N2O2S2/c1-5-20(17,18)13-11-19-7-6-16(13)10-12(9-15)8-14(2,3)4/h12-13H,5-11,15H2,1-4H3. The van der Waals surface area contributed by atoms with Gasteiger partial charge in [-0.05, 0) is 24.3 Å². The fourth-order valence-corrected chi connectivity index (χ4v) is 5.86. The van der Waals surface area contributed by atoms with Crippen LogP contribution in [0.15, 0.2) is 0 Å². The maximum absolute atomic E-state index is 12.2. The molecule has 0 spiro atoms. The summed E-state index contributed by atoms with van der Waals surface area (Å²) in [5.74, 6) is 2.31. The van der Waals surface area contributed by atoms with Crippen LogP contribution in [0.5, 0.6) is 0 Å². The van der Waals surface area contributed by atoms with Crippen LogP contribution in [0.3, 0.4) is 0 Å². The average Bonchev–Trinajstić information content (AvgIpc) is 2.37. The van der Waals surface area contributed by atoms with E-state index in [0.717, 1.165) is 25.3 Å². The lowest BCUT2D eigenvalue weighted by Gasteiger charge is -2.38. The molecule has 2 N–H and O–H groups in total. The summed E-state index contributed by atoms with van der Waals surface area (Å²) in [5, 5.41) is -0.319. The predicted molar refractivity (Wildman–Crippen MR) is 88.8 cm³/mol. The molecule has 2 unspecified atom stereocenters. The molecule has 0 amide bonds. The van der Waals surface area contributed by atoms with Gasteiger partial charge in [-0.25, -0.2) is 8.42 Å². The number of nitrogens with zero attached hydrogens (tertiary/aromatic N) is 1. The first-order valence-corrected chi connectivity index (χ1v) is 10.3. The van der Waals surface area contributed by atoms with Gasteiger partial charge in [0, 0.05) is 30.3 Å². The molecule has 1 aliphatic rings. The van der Waals surface area contributed by atoms with Gasteiger partial charge in [0.15, 0.2) is 9.84 Å². The number of rotatable bonds is 6. The second kappa shape index (κ2) is 7.47. The third-order valence-electron chi connectivity index (χ3n) is 3.73. The summed E-state index contributed by atoms with van der Waals surface area (Å²) in [6.45, 7) is 10.7. The Morgan fingerprint density at radius 3 is 2.55 bits per heavy atom. The highest BCUT2D eigenvalue weighted by Gasteiger charge is 2.34. The second-order valence-corrected chi connectivity index (χ2v) is 10.4. The number of nitrogens with two attached hydrogens (primary N) is 1. The molecule has 4 nitrogen and oxygen atoms in total. The van der Waals surface area contributed by atoms with E-state index in [0.29, 0.717) is 18.2 Å². The Kier molecular flexibility index (Phi) is 6.83. The Balaban J connectivity index is 2.75. The third kappa shape index (κ3) is 5.54. The largest absolute Gasteiger partial charge is 0.330 e. The Morgan fingerprint density at radius 1 is 1.40 bits per heavy atom. The van der Waals surface area contributed by atoms with Gasteiger partial charge in [-0.1, -0.05) is 27.7 Å². The molecular weight excluding hydrogens is 292 g/mol. The van der Waals surface area contributed by atoms with Gasteiger partial charge in [0.25, 0.3) is 0 Å². The molecule has 0 aromatic rings. The van der Waals surface area contributed by atoms with Crippen molar-refractivity contribution in [3.8, 4) is 0 Å². The maximum atomic E-state index is 12.2. The Morgan fingerprint density at radius 2 is 2.05 bits per heavy atom. The number of sulfone groups is 1. The van der Waals surface area contributed by atoms with E-state index >= 15 is 0 Å². The van der Waals surface area contributed by atoms with Crippen molar-refractivity contribution >= 4 is 21.6 Å². The van der Waals surface area contributed by atoms with Crippen molar-refractivity contribution in [1.82, 2.24) is 4.90 Å². The average molecular weight is 323 g/mol. The monoisotopic (exact) mass is 322 g/mol. The van der Waals surface area contributed by atoms with Crippen LogP contribution in [-0.4, -0.2) is 55.6 Å². The zero-order valence-corrected chi connectivity index (χ0v) is 14.9. The lowest BCUT2D eigenvalue weighted by atomic mass is 9.84. The number of hydrogen-bond acceptors (Lipinski definition) is 5. The molecule has 0 aromatic carbocycles. The zero-order chi connectivity index (χ0) is 15.4. The van der Waals surface area contributed by atoms with Gasteiger partial charge in [0.05, 0.1) is 0 Å². The molecular formula is C14H30N2O2S2. The van der Waals surface area contributed by atoms with E-state index in [2.05, 4.69) is 25.7 Å². The SMILES string of the molecule is CCS(=O)(=O)C1CSCCN1CC(CN)CC(C)(C)C. The van der Waals surface area contributed by atoms with Crippen LogP contribution in [0, 0.1) is 11.3 Å². The van der Waals surface area contributed by atoms with Gasteiger partial charge in [0.2, 0.25) is 0 Å². The van der Waals surface area contributed by atoms with Crippen molar-refractivity contribution in [2.45, 2.75) is 39.5 Å². The first-order chi connectivity index (χ1) is 9.19. The van der Waals surface area contributed by atoms with Gasteiger partial charge in [-0.15, -0.1) is 0 Å². The fourth-order valence-electron chi connectivity index (χ4n) is 2.77. The molecule has 1 heterocycles. The first-order valence-electron chi connectivity index (χ1n) is 7.43. The molecule has 0 radical (unpaired) electrons. The van der Waals surface area contributed by atoms with Crippen LogP contribution in [0.25, 0.3) is 0 Å². The molecule has 0 aliphatic carbocycles. The van der Waals surface area contributed by atoms with Crippen LogP contribution < -0.4 is 5.73 Å². The molecule has 1 fully saturated rings. The van der Waals surface area contributed by atoms with Crippen LogP contribution in [-0.2, 0) is 9.84 Å². The minimum atomic E-state index is -3.00. The molecule has 0 saturated carbocycles. The van der Waals surface area contributed by atoms with Crippen LogP contribution in [0.1, 0.15) is 34.1 Å². The van der Waals surface area contributed by atoms with E-state index < -0.39 is 9.84 Å². The zero-order valence-electron chi connectivity index (χ0n) is 13.3. The number of thioether (sulfide) groups is 1. The molecule has 2 atom stereocenters. The van der Waals surface area contributed by atoms with Crippen molar-refractivity contribution in [3.05, 3.63) is 0 Å². The summed E-state index contributed by atoms with van der Waals surface area (Å²) < 4.78 is 24.5. The van der Waals surface area contributed by atoms with E-state index in [1.54, 1.807) is 18.7 Å². The second-order valence-electron chi connectivity index (χ2n) is 6.84. The molecule has 1 rings (SSSR count). The first kappa shape index (κ1) is 18.3. The summed E-state index contributed by atoms with van der Waals surface area (Å²) >= 11 is 1.74. The third-order valence-corrected chi connectivity index (χ3v) is 7.07. The molecule has 1 saturated heterocycles. The van der Waals surface area contributed by atoms with E-state index in [4.69, 9.17) is 5.73 Å². The van der Waals surface area contributed by atoms with Crippen molar-refractivity contribution in [2.75, 3.05) is 36.9 Å². The van der Waals surface area contributed by atoms with E-state index in [-0.39, 0.29) is 16.5 Å². The fraction of sp³-hybridized carbons (Fsp3) is 1.00. The topological polar surface area (TPSA) is 63.4 Å². The summed E-state index contributed by atoms with van der Waals surface area (Å²) in [6.07, 6.45) is 1.03. The van der Waals surface area contributed by atoms with Gasteiger partial charge in [0.1, 0.15) is 5.37 Å². The highest BCUT2D eigenvalue weighted by Crippen LogP contribution is 2.27. The highest BCUT2D eigenvalue weighted by atomic mass is 32.2. The minimum Gasteiger partial charge on any atom is -0.330 e. The van der Waals surface area contributed by atoms with E-state index in [1.165, 1.54) is 0 Å². The van der Waals surface area contributed by atoms with Gasteiger partial charge < -0.3 is 5.73 Å².